The van der Waals surface area contributed by atoms with E-state index in [1.54, 1.807) is 0 Å². The second-order valence-electron chi connectivity index (χ2n) is 6.38. The fraction of sp³-hybridized carbons (Fsp3) is 0.353. The molecule has 0 spiro atoms. The van der Waals surface area contributed by atoms with Gasteiger partial charge in [0.05, 0.1) is 11.4 Å². The van der Waals surface area contributed by atoms with E-state index < -0.39 is 0 Å². The summed E-state index contributed by atoms with van der Waals surface area (Å²) in [5, 5.41) is 16.2. The fourth-order valence-corrected chi connectivity index (χ4v) is 2.57. The van der Waals surface area contributed by atoms with Crippen molar-refractivity contribution in [2.75, 3.05) is 24.3 Å². The summed E-state index contributed by atoms with van der Waals surface area (Å²) in [7, 11) is 3.91. The highest BCUT2D eigenvalue weighted by Gasteiger charge is 2.14. The Morgan fingerprint density at radius 2 is 1.96 bits per heavy atom. The maximum Gasteiger partial charge on any atom is 0.275 e. The van der Waals surface area contributed by atoms with Crippen molar-refractivity contribution < 1.29 is 0 Å². The first-order chi connectivity index (χ1) is 11.4. The molecule has 0 saturated carbocycles. The number of fused-ring (bicyclic) bond motifs is 1. The van der Waals surface area contributed by atoms with Gasteiger partial charge in [-0.1, -0.05) is 0 Å². The average Bonchev–Trinajstić information content (AvgIpc) is 2.94. The van der Waals surface area contributed by atoms with E-state index in [4.69, 9.17) is 0 Å². The molecule has 1 aromatic carbocycles. The number of rotatable bonds is 4. The SMILES string of the molecule is Cc1cc(Nc2nn(C(C)C)c(=O)c3cc(N(C)C)ccc23)n[nH]1. The number of nitrogens with zero attached hydrogens (tertiary/aromatic N) is 4. The van der Waals surface area contributed by atoms with Gasteiger partial charge in [0, 0.05) is 36.9 Å². The number of nitrogens with one attached hydrogen (secondary N) is 2. The van der Waals surface area contributed by atoms with Crippen molar-refractivity contribution in [3.8, 4) is 0 Å². The molecule has 3 aromatic rings. The number of aryl methyl sites for hydroxylation is 1. The minimum atomic E-state index is -0.0903. The average molecular weight is 326 g/mol. The van der Waals surface area contributed by atoms with Gasteiger partial charge in [0.15, 0.2) is 11.6 Å². The highest BCUT2D eigenvalue weighted by Crippen LogP contribution is 2.25. The van der Waals surface area contributed by atoms with Crippen molar-refractivity contribution in [1.82, 2.24) is 20.0 Å². The van der Waals surface area contributed by atoms with Gasteiger partial charge in [-0.05, 0) is 39.0 Å². The minimum Gasteiger partial charge on any atom is -0.378 e. The molecule has 2 aromatic heterocycles. The first kappa shape index (κ1) is 16.0. The number of anilines is 3. The van der Waals surface area contributed by atoms with Crippen LogP contribution in [0.25, 0.3) is 10.8 Å². The number of H-pyrrole nitrogens is 1. The number of hydrogen-bond acceptors (Lipinski definition) is 5. The Hall–Kier alpha value is -2.83. The van der Waals surface area contributed by atoms with Crippen molar-refractivity contribution in [3.63, 3.8) is 0 Å². The molecule has 2 N–H and O–H groups in total. The monoisotopic (exact) mass is 326 g/mol. The molecule has 0 radical (unpaired) electrons. The van der Waals surface area contributed by atoms with Gasteiger partial charge in [0.1, 0.15) is 0 Å². The van der Waals surface area contributed by atoms with E-state index in [2.05, 4.69) is 20.6 Å². The van der Waals surface area contributed by atoms with E-state index in [0.29, 0.717) is 17.0 Å². The lowest BCUT2D eigenvalue weighted by atomic mass is 10.1. The maximum absolute atomic E-state index is 12.8. The van der Waals surface area contributed by atoms with Crippen LogP contribution < -0.4 is 15.8 Å². The van der Waals surface area contributed by atoms with Crippen LogP contribution in [0.15, 0.2) is 29.1 Å². The zero-order valence-corrected chi connectivity index (χ0v) is 14.6. The first-order valence-electron chi connectivity index (χ1n) is 7.89. The molecule has 3 rings (SSSR count). The van der Waals surface area contributed by atoms with Crippen molar-refractivity contribution in [2.45, 2.75) is 26.8 Å². The van der Waals surface area contributed by atoms with E-state index in [-0.39, 0.29) is 11.6 Å². The van der Waals surface area contributed by atoms with Crippen LogP contribution in [0.1, 0.15) is 25.6 Å². The summed E-state index contributed by atoms with van der Waals surface area (Å²) in [5.41, 5.74) is 1.84. The molecule has 126 valence electrons. The highest BCUT2D eigenvalue weighted by atomic mass is 16.1. The Kier molecular flexibility index (Phi) is 4.01. The van der Waals surface area contributed by atoms with Crippen LogP contribution in [0.2, 0.25) is 0 Å². The van der Waals surface area contributed by atoms with Gasteiger partial charge >= 0.3 is 0 Å². The minimum absolute atomic E-state index is 0.0358. The number of aromatic amines is 1. The molecular weight excluding hydrogens is 304 g/mol. The van der Waals surface area contributed by atoms with Gasteiger partial charge in [-0.2, -0.15) is 10.2 Å². The Balaban J connectivity index is 2.23. The Bertz CT molecular complexity index is 938. The van der Waals surface area contributed by atoms with Gasteiger partial charge in [-0.25, -0.2) is 4.68 Å². The van der Waals surface area contributed by atoms with Crippen molar-refractivity contribution in [2.24, 2.45) is 0 Å². The van der Waals surface area contributed by atoms with Gasteiger partial charge in [0.2, 0.25) is 0 Å². The van der Waals surface area contributed by atoms with E-state index in [1.165, 1.54) is 4.68 Å². The molecule has 2 heterocycles. The summed E-state index contributed by atoms with van der Waals surface area (Å²) < 4.78 is 1.50. The zero-order chi connectivity index (χ0) is 17.4. The molecule has 7 heteroatoms. The number of benzene rings is 1. The van der Waals surface area contributed by atoms with Crippen LogP contribution in [0.3, 0.4) is 0 Å². The number of aromatic nitrogens is 4. The molecule has 0 amide bonds. The summed E-state index contributed by atoms with van der Waals surface area (Å²) in [6.45, 7) is 5.82. The highest BCUT2D eigenvalue weighted by molar-refractivity contribution is 5.94. The van der Waals surface area contributed by atoms with Gasteiger partial charge in [-0.15, -0.1) is 0 Å². The molecule has 0 fully saturated rings. The third kappa shape index (κ3) is 2.84. The standard InChI is InChI=1S/C17H22N6O/c1-10(2)23-17(24)14-9-12(22(4)5)6-7-13(14)16(21-23)18-15-8-11(3)19-20-15/h6-10H,1-5H3,(H2,18,19,20,21). The molecule has 0 aliphatic rings. The van der Waals surface area contributed by atoms with Crippen molar-refractivity contribution in [3.05, 3.63) is 40.3 Å². The zero-order valence-electron chi connectivity index (χ0n) is 14.6. The lowest BCUT2D eigenvalue weighted by Crippen LogP contribution is -2.26. The second kappa shape index (κ2) is 5.99. The van der Waals surface area contributed by atoms with Gasteiger partial charge in [0.25, 0.3) is 5.56 Å². The van der Waals surface area contributed by atoms with Crippen LogP contribution in [-0.4, -0.2) is 34.1 Å². The topological polar surface area (TPSA) is 78.8 Å². The number of hydrogen-bond donors (Lipinski definition) is 2. The van der Waals surface area contributed by atoms with E-state index >= 15 is 0 Å². The summed E-state index contributed by atoms with van der Waals surface area (Å²) in [4.78, 5) is 14.8. The predicted molar refractivity (Wildman–Crippen MR) is 97.3 cm³/mol. The van der Waals surface area contributed by atoms with Gasteiger partial charge in [-0.3, -0.25) is 9.89 Å². The summed E-state index contributed by atoms with van der Waals surface area (Å²) in [5.74, 6) is 1.29. The molecular formula is C17H22N6O. The maximum atomic E-state index is 12.8. The molecule has 0 atom stereocenters. The lowest BCUT2D eigenvalue weighted by molar-refractivity contribution is 0.510. The third-order valence-corrected chi connectivity index (χ3v) is 3.86. The molecule has 0 unspecified atom stereocenters. The summed E-state index contributed by atoms with van der Waals surface area (Å²) in [6.07, 6.45) is 0. The molecule has 0 bridgehead atoms. The smallest absolute Gasteiger partial charge is 0.275 e. The molecule has 24 heavy (non-hydrogen) atoms. The second-order valence-corrected chi connectivity index (χ2v) is 6.38. The molecule has 0 saturated heterocycles. The van der Waals surface area contributed by atoms with Crippen LogP contribution in [-0.2, 0) is 0 Å². The van der Waals surface area contributed by atoms with Crippen LogP contribution in [0.5, 0.6) is 0 Å². The Morgan fingerprint density at radius 3 is 2.54 bits per heavy atom. The summed E-state index contributed by atoms with van der Waals surface area (Å²) in [6, 6.07) is 7.66. The normalized spacial score (nSPS) is 11.2. The summed E-state index contributed by atoms with van der Waals surface area (Å²) >= 11 is 0. The van der Waals surface area contributed by atoms with Crippen molar-refractivity contribution in [1.29, 1.82) is 0 Å². The predicted octanol–water partition coefficient (Wildman–Crippen LogP) is 2.82. The largest absolute Gasteiger partial charge is 0.378 e. The molecule has 0 aliphatic heterocycles. The van der Waals surface area contributed by atoms with Crippen LogP contribution in [0.4, 0.5) is 17.3 Å². The molecule has 0 aliphatic carbocycles. The van der Waals surface area contributed by atoms with Crippen molar-refractivity contribution >= 4 is 28.1 Å². The lowest BCUT2D eigenvalue weighted by Gasteiger charge is -2.16. The third-order valence-electron chi connectivity index (χ3n) is 3.86. The molecule has 7 nitrogen and oxygen atoms in total. The van der Waals surface area contributed by atoms with Crippen LogP contribution in [0, 0.1) is 6.92 Å². The Labute approximate surface area is 140 Å². The quantitative estimate of drug-likeness (QED) is 0.771. The Morgan fingerprint density at radius 1 is 1.21 bits per heavy atom. The van der Waals surface area contributed by atoms with E-state index in [1.807, 2.05) is 64.0 Å². The fourth-order valence-electron chi connectivity index (χ4n) is 2.57. The van der Waals surface area contributed by atoms with Gasteiger partial charge < -0.3 is 10.2 Å². The van der Waals surface area contributed by atoms with E-state index in [0.717, 1.165) is 16.8 Å². The van der Waals surface area contributed by atoms with E-state index in [9.17, 15) is 4.79 Å². The van der Waals surface area contributed by atoms with Crippen LogP contribution >= 0.6 is 0 Å². The first-order valence-corrected chi connectivity index (χ1v) is 7.89.